The molecule has 0 aliphatic heterocycles. The first kappa shape index (κ1) is 15.3. The normalized spacial score (nSPS) is 17.8. The predicted octanol–water partition coefficient (Wildman–Crippen LogP) is 3.48. The van der Waals surface area contributed by atoms with Crippen molar-refractivity contribution in [3.63, 3.8) is 0 Å². The summed E-state index contributed by atoms with van der Waals surface area (Å²) in [5, 5.41) is 3.57. The van der Waals surface area contributed by atoms with Crippen LogP contribution in [-0.2, 0) is 11.2 Å². The number of ether oxygens (including phenoxy) is 2. The maximum absolute atomic E-state index is 5.77. The van der Waals surface area contributed by atoms with Crippen LogP contribution in [0.2, 0.25) is 0 Å². The van der Waals surface area contributed by atoms with E-state index in [9.17, 15) is 0 Å². The van der Waals surface area contributed by atoms with E-state index in [2.05, 4.69) is 37.4 Å². The highest BCUT2D eigenvalue weighted by Gasteiger charge is 2.19. The molecule has 2 rings (SSSR count). The fraction of sp³-hybridized carbons (Fsp3) is 0.647. The van der Waals surface area contributed by atoms with E-state index in [1.165, 1.54) is 30.4 Å². The van der Waals surface area contributed by atoms with Crippen LogP contribution in [-0.4, -0.2) is 26.4 Å². The maximum atomic E-state index is 5.77. The molecule has 1 N–H and O–H groups in total. The third-order valence-corrected chi connectivity index (χ3v) is 3.72. The summed E-state index contributed by atoms with van der Waals surface area (Å²) in [6, 6.07) is 7.04. The number of hydrogen-bond donors (Lipinski definition) is 1. The van der Waals surface area contributed by atoms with E-state index >= 15 is 0 Å². The summed E-state index contributed by atoms with van der Waals surface area (Å²) in [5.41, 5.74) is 2.89. The number of rotatable bonds is 8. The largest absolute Gasteiger partial charge is 0.491 e. The van der Waals surface area contributed by atoms with Crippen molar-refractivity contribution in [3.05, 3.63) is 29.3 Å². The molecule has 1 aromatic rings. The second-order valence-electron chi connectivity index (χ2n) is 5.32. The van der Waals surface area contributed by atoms with Crippen molar-refractivity contribution in [3.8, 4) is 5.75 Å². The van der Waals surface area contributed by atoms with Crippen LogP contribution in [0.4, 0.5) is 0 Å². The van der Waals surface area contributed by atoms with E-state index in [-0.39, 0.29) is 0 Å². The first-order valence-electron chi connectivity index (χ1n) is 7.92. The van der Waals surface area contributed by atoms with E-state index in [0.29, 0.717) is 19.3 Å². The molecule has 1 aliphatic carbocycles. The van der Waals surface area contributed by atoms with Crippen molar-refractivity contribution in [2.75, 3.05) is 26.4 Å². The van der Waals surface area contributed by atoms with E-state index < -0.39 is 0 Å². The van der Waals surface area contributed by atoms with Gasteiger partial charge in [-0.1, -0.05) is 19.9 Å². The molecule has 20 heavy (non-hydrogen) atoms. The van der Waals surface area contributed by atoms with E-state index in [4.69, 9.17) is 9.47 Å². The zero-order valence-electron chi connectivity index (χ0n) is 12.8. The van der Waals surface area contributed by atoms with Gasteiger partial charge < -0.3 is 14.8 Å². The molecule has 1 unspecified atom stereocenters. The highest BCUT2D eigenvalue weighted by atomic mass is 16.5. The van der Waals surface area contributed by atoms with Gasteiger partial charge >= 0.3 is 0 Å². The lowest BCUT2D eigenvalue weighted by Crippen LogP contribution is -2.24. The zero-order chi connectivity index (χ0) is 14.2. The SMILES string of the molecule is CCCOCCOc1ccc2c(c1)CCCC2NCC. The van der Waals surface area contributed by atoms with Gasteiger partial charge in [0.15, 0.2) is 0 Å². The molecular weight excluding hydrogens is 250 g/mol. The molecule has 3 heteroatoms. The topological polar surface area (TPSA) is 30.5 Å². The minimum absolute atomic E-state index is 0.519. The van der Waals surface area contributed by atoms with Crippen LogP contribution in [0.25, 0.3) is 0 Å². The minimum Gasteiger partial charge on any atom is -0.491 e. The summed E-state index contributed by atoms with van der Waals surface area (Å²) < 4.78 is 11.2. The fourth-order valence-electron chi connectivity index (χ4n) is 2.80. The summed E-state index contributed by atoms with van der Waals surface area (Å²) in [6.07, 6.45) is 4.73. The number of benzene rings is 1. The Balaban J connectivity index is 1.90. The lowest BCUT2D eigenvalue weighted by molar-refractivity contribution is 0.101. The fourth-order valence-corrected chi connectivity index (χ4v) is 2.80. The molecule has 0 saturated carbocycles. The van der Waals surface area contributed by atoms with Crippen molar-refractivity contribution in [1.82, 2.24) is 5.32 Å². The molecule has 1 aliphatic rings. The second-order valence-corrected chi connectivity index (χ2v) is 5.32. The Morgan fingerprint density at radius 1 is 1.20 bits per heavy atom. The van der Waals surface area contributed by atoms with Gasteiger partial charge in [0.1, 0.15) is 12.4 Å². The lowest BCUT2D eigenvalue weighted by Gasteiger charge is -2.26. The van der Waals surface area contributed by atoms with Crippen LogP contribution in [0.1, 0.15) is 50.3 Å². The van der Waals surface area contributed by atoms with Gasteiger partial charge in [0, 0.05) is 12.6 Å². The van der Waals surface area contributed by atoms with E-state index in [0.717, 1.165) is 25.3 Å². The lowest BCUT2D eigenvalue weighted by atomic mass is 9.87. The first-order chi connectivity index (χ1) is 9.85. The first-order valence-corrected chi connectivity index (χ1v) is 7.92. The van der Waals surface area contributed by atoms with Crippen LogP contribution in [0.15, 0.2) is 18.2 Å². The van der Waals surface area contributed by atoms with Crippen LogP contribution in [0.5, 0.6) is 5.75 Å². The molecule has 1 atom stereocenters. The molecular formula is C17H27NO2. The Kier molecular flexibility index (Phi) is 6.34. The van der Waals surface area contributed by atoms with Gasteiger partial charge in [-0.2, -0.15) is 0 Å². The Labute approximate surface area is 122 Å². The molecule has 1 aromatic carbocycles. The molecule has 0 aromatic heterocycles. The Bertz CT molecular complexity index is 406. The monoisotopic (exact) mass is 277 g/mol. The Morgan fingerprint density at radius 3 is 2.90 bits per heavy atom. The third-order valence-electron chi connectivity index (χ3n) is 3.72. The van der Waals surface area contributed by atoms with Gasteiger partial charge in [-0.05, 0) is 55.5 Å². The van der Waals surface area contributed by atoms with Crippen molar-refractivity contribution in [1.29, 1.82) is 0 Å². The third kappa shape index (κ3) is 4.22. The molecule has 0 fully saturated rings. The molecule has 0 bridgehead atoms. The second kappa shape index (κ2) is 8.28. The zero-order valence-corrected chi connectivity index (χ0v) is 12.8. The van der Waals surface area contributed by atoms with Crippen LogP contribution in [0, 0.1) is 0 Å². The van der Waals surface area contributed by atoms with Crippen molar-refractivity contribution >= 4 is 0 Å². The van der Waals surface area contributed by atoms with Crippen molar-refractivity contribution < 1.29 is 9.47 Å². The highest BCUT2D eigenvalue weighted by molar-refractivity contribution is 5.39. The average Bonchev–Trinajstić information content (AvgIpc) is 2.47. The molecule has 0 saturated heterocycles. The van der Waals surface area contributed by atoms with Gasteiger partial charge in [0.2, 0.25) is 0 Å². The number of nitrogens with one attached hydrogen (secondary N) is 1. The minimum atomic E-state index is 0.519. The summed E-state index contributed by atoms with van der Waals surface area (Å²) in [5.74, 6) is 0.973. The summed E-state index contributed by atoms with van der Waals surface area (Å²) in [6.45, 7) is 7.43. The molecule has 0 radical (unpaired) electrons. The molecule has 0 amide bonds. The number of hydrogen-bond acceptors (Lipinski definition) is 3. The summed E-state index contributed by atoms with van der Waals surface area (Å²) in [7, 11) is 0. The van der Waals surface area contributed by atoms with Crippen molar-refractivity contribution in [2.24, 2.45) is 0 Å². The van der Waals surface area contributed by atoms with Crippen LogP contribution >= 0.6 is 0 Å². The van der Waals surface area contributed by atoms with Gasteiger partial charge in [-0.3, -0.25) is 0 Å². The average molecular weight is 277 g/mol. The van der Waals surface area contributed by atoms with Gasteiger partial charge in [-0.25, -0.2) is 0 Å². The standard InChI is InChI=1S/C17H27NO2/c1-3-10-19-11-12-20-15-8-9-16-14(13-15)6-5-7-17(16)18-4-2/h8-9,13,17-18H,3-7,10-12H2,1-2H3. The molecule has 3 nitrogen and oxygen atoms in total. The molecule has 0 heterocycles. The van der Waals surface area contributed by atoms with E-state index in [1.54, 1.807) is 0 Å². The Hall–Kier alpha value is -1.06. The molecule has 112 valence electrons. The quantitative estimate of drug-likeness (QED) is 0.738. The van der Waals surface area contributed by atoms with Crippen LogP contribution < -0.4 is 10.1 Å². The highest BCUT2D eigenvalue weighted by Crippen LogP contribution is 2.32. The van der Waals surface area contributed by atoms with E-state index in [1.807, 2.05) is 0 Å². The maximum Gasteiger partial charge on any atom is 0.119 e. The summed E-state index contributed by atoms with van der Waals surface area (Å²) in [4.78, 5) is 0. The van der Waals surface area contributed by atoms with Crippen LogP contribution in [0.3, 0.4) is 0 Å². The Morgan fingerprint density at radius 2 is 2.10 bits per heavy atom. The van der Waals surface area contributed by atoms with Gasteiger partial charge in [-0.15, -0.1) is 0 Å². The van der Waals surface area contributed by atoms with Crippen molar-refractivity contribution in [2.45, 2.75) is 45.6 Å². The van der Waals surface area contributed by atoms with Gasteiger partial charge in [0.25, 0.3) is 0 Å². The predicted molar refractivity (Wildman–Crippen MR) is 82.4 cm³/mol. The van der Waals surface area contributed by atoms with Gasteiger partial charge in [0.05, 0.1) is 6.61 Å². The smallest absolute Gasteiger partial charge is 0.119 e. The molecule has 0 spiro atoms. The number of fused-ring (bicyclic) bond motifs is 1. The number of aryl methyl sites for hydroxylation is 1. The summed E-state index contributed by atoms with van der Waals surface area (Å²) >= 11 is 0.